The Balaban J connectivity index is 1.37. The van der Waals surface area contributed by atoms with Crippen molar-refractivity contribution in [1.82, 2.24) is 14.5 Å². The Morgan fingerprint density at radius 1 is 1.16 bits per heavy atom. The van der Waals surface area contributed by atoms with Crippen molar-refractivity contribution in [1.29, 1.82) is 5.26 Å². The molecule has 0 bridgehead atoms. The molecule has 2 aliphatic rings. The Hall–Kier alpha value is -4.45. The van der Waals surface area contributed by atoms with Crippen LogP contribution in [0, 0.1) is 23.1 Å². The second-order valence-electron chi connectivity index (χ2n) is 9.87. The number of rotatable bonds is 7. The second-order valence-corrected chi connectivity index (χ2v) is 9.87. The molecule has 4 aromatic rings. The zero-order valence-corrected chi connectivity index (χ0v) is 20.9. The van der Waals surface area contributed by atoms with Gasteiger partial charge in [-0.15, -0.1) is 0 Å². The number of nitrogens with one attached hydrogen (secondary N) is 1. The summed E-state index contributed by atoms with van der Waals surface area (Å²) in [6, 6.07) is 14.5. The third-order valence-corrected chi connectivity index (χ3v) is 7.34. The summed E-state index contributed by atoms with van der Waals surface area (Å²) in [6.45, 7) is 1.85. The zero-order chi connectivity index (χ0) is 26.2. The molecule has 192 valence electrons. The lowest BCUT2D eigenvalue weighted by molar-refractivity contribution is 0.108. The van der Waals surface area contributed by atoms with E-state index in [1.165, 1.54) is 12.1 Å². The van der Waals surface area contributed by atoms with Crippen LogP contribution in [0.25, 0.3) is 22.2 Å². The molecule has 8 nitrogen and oxygen atoms in total. The molecule has 2 aliphatic carbocycles. The summed E-state index contributed by atoms with van der Waals surface area (Å²) in [5.74, 6) is 0.331. The predicted molar refractivity (Wildman–Crippen MR) is 139 cm³/mol. The van der Waals surface area contributed by atoms with Crippen LogP contribution in [0.1, 0.15) is 50.6 Å². The van der Waals surface area contributed by atoms with E-state index in [4.69, 9.17) is 9.47 Å². The van der Waals surface area contributed by atoms with Gasteiger partial charge in [0.1, 0.15) is 23.7 Å². The summed E-state index contributed by atoms with van der Waals surface area (Å²) < 4.78 is 28.6. The average Bonchev–Trinajstić information content (AvgIpc) is 3.69. The highest BCUT2D eigenvalue weighted by Crippen LogP contribution is 2.44. The highest BCUT2D eigenvalue weighted by molar-refractivity contribution is 5.96. The monoisotopic (exact) mass is 511 g/mol. The van der Waals surface area contributed by atoms with E-state index in [-0.39, 0.29) is 23.8 Å². The molecule has 1 atom stereocenters. The number of anilines is 1. The number of hydrogen-bond donors (Lipinski definition) is 1. The number of ether oxygens (including phenoxy) is 2. The van der Waals surface area contributed by atoms with Gasteiger partial charge in [-0.1, -0.05) is 6.07 Å². The van der Waals surface area contributed by atoms with Gasteiger partial charge in [-0.05, 0) is 75.3 Å². The SMILES string of the molecule is C[C@@H](OC(=O)Nc1ccc(-c2c(C#N)c3ccc(Oc4ncccn4)cc3n2C2CCC2)cc1F)C1CC1. The quantitative estimate of drug-likeness (QED) is 0.287. The van der Waals surface area contributed by atoms with Crippen molar-refractivity contribution >= 4 is 22.7 Å². The Bertz CT molecular complexity index is 1550. The van der Waals surface area contributed by atoms with Crippen LogP contribution in [-0.2, 0) is 4.74 Å². The van der Waals surface area contributed by atoms with Crippen LogP contribution in [0.15, 0.2) is 54.9 Å². The van der Waals surface area contributed by atoms with Crippen molar-refractivity contribution in [3.05, 3.63) is 66.2 Å². The largest absolute Gasteiger partial charge is 0.446 e. The van der Waals surface area contributed by atoms with Gasteiger partial charge < -0.3 is 14.0 Å². The zero-order valence-electron chi connectivity index (χ0n) is 20.9. The third kappa shape index (κ3) is 4.54. The summed E-state index contributed by atoms with van der Waals surface area (Å²) in [4.78, 5) is 20.5. The number of carbonyl (C=O) groups is 1. The molecule has 2 saturated carbocycles. The second kappa shape index (κ2) is 9.78. The van der Waals surface area contributed by atoms with Gasteiger partial charge in [0.15, 0.2) is 0 Å². The summed E-state index contributed by atoms with van der Waals surface area (Å²) in [6.07, 6.45) is 7.42. The Kier molecular flexibility index (Phi) is 6.16. The van der Waals surface area contributed by atoms with E-state index in [1.807, 2.05) is 19.1 Å². The first-order valence-corrected chi connectivity index (χ1v) is 12.8. The molecule has 0 unspecified atom stereocenters. The fourth-order valence-electron chi connectivity index (χ4n) is 4.95. The van der Waals surface area contributed by atoms with Gasteiger partial charge >= 0.3 is 12.1 Å². The Morgan fingerprint density at radius 2 is 1.95 bits per heavy atom. The first kappa shape index (κ1) is 23.9. The van der Waals surface area contributed by atoms with Crippen molar-refractivity contribution in [2.75, 3.05) is 5.32 Å². The Labute approximate surface area is 219 Å². The summed E-state index contributed by atoms with van der Waals surface area (Å²) >= 11 is 0. The highest BCUT2D eigenvalue weighted by atomic mass is 19.1. The summed E-state index contributed by atoms with van der Waals surface area (Å²) in [5.41, 5.74) is 2.53. The smallest absolute Gasteiger partial charge is 0.411 e. The van der Waals surface area contributed by atoms with Crippen LogP contribution in [0.2, 0.25) is 0 Å². The standard InChI is InChI=1S/C29H26FN5O3/c1-17(18-6-7-18)37-29(36)34-25-11-8-19(14-24(25)30)27-23(16-31)22-10-9-21(38-28-32-12-3-13-33-28)15-26(22)35(27)20-4-2-5-20/h3,8-15,17-18,20H,2,4-7H2,1H3,(H,34,36)/t17-/m1/s1. The highest BCUT2D eigenvalue weighted by Gasteiger charge is 2.31. The van der Waals surface area contributed by atoms with Gasteiger partial charge in [0.25, 0.3) is 0 Å². The molecule has 2 fully saturated rings. The lowest BCUT2D eigenvalue weighted by Gasteiger charge is -2.30. The van der Waals surface area contributed by atoms with Crippen molar-refractivity contribution in [3.63, 3.8) is 0 Å². The fourth-order valence-corrected chi connectivity index (χ4v) is 4.95. The van der Waals surface area contributed by atoms with Gasteiger partial charge in [0.2, 0.25) is 0 Å². The number of carbonyl (C=O) groups excluding carboxylic acids is 1. The number of benzene rings is 2. The van der Waals surface area contributed by atoms with Gasteiger partial charge in [-0.3, -0.25) is 5.32 Å². The maximum absolute atomic E-state index is 15.2. The molecule has 6 rings (SSSR count). The summed E-state index contributed by atoms with van der Waals surface area (Å²) in [5, 5.41) is 13.4. The van der Waals surface area contributed by atoms with E-state index in [2.05, 4.69) is 25.9 Å². The maximum atomic E-state index is 15.2. The van der Waals surface area contributed by atoms with E-state index < -0.39 is 11.9 Å². The minimum Gasteiger partial charge on any atom is -0.446 e. The summed E-state index contributed by atoms with van der Waals surface area (Å²) in [7, 11) is 0. The van der Waals surface area contributed by atoms with Gasteiger partial charge in [-0.2, -0.15) is 5.26 Å². The van der Waals surface area contributed by atoms with Gasteiger partial charge in [0.05, 0.1) is 22.5 Å². The molecule has 0 aliphatic heterocycles. The molecule has 38 heavy (non-hydrogen) atoms. The lowest BCUT2D eigenvalue weighted by Crippen LogP contribution is -2.22. The molecule has 2 aromatic heterocycles. The minimum atomic E-state index is -0.674. The number of aromatic nitrogens is 3. The predicted octanol–water partition coefficient (Wildman–Crippen LogP) is 6.97. The van der Waals surface area contributed by atoms with E-state index >= 15 is 4.39 Å². The van der Waals surface area contributed by atoms with Gasteiger partial charge in [-0.25, -0.2) is 19.2 Å². The number of fused-ring (bicyclic) bond motifs is 1. The normalized spacial score (nSPS) is 15.9. The molecule has 2 aromatic carbocycles. The molecular formula is C29H26FN5O3. The van der Waals surface area contributed by atoms with Crippen molar-refractivity contribution in [3.8, 4) is 29.1 Å². The first-order valence-electron chi connectivity index (χ1n) is 12.8. The molecule has 0 saturated heterocycles. The van der Waals surface area contributed by atoms with Crippen molar-refractivity contribution in [2.24, 2.45) is 5.92 Å². The van der Waals surface area contributed by atoms with Crippen molar-refractivity contribution < 1.29 is 18.7 Å². The van der Waals surface area contributed by atoms with Crippen LogP contribution in [0.3, 0.4) is 0 Å². The molecule has 9 heteroatoms. The number of amides is 1. The van der Waals surface area contributed by atoms with Crippen LogP contribution in [0.5, 0.6) is 11.8 Å². The number of hydrogen-bond acceptors (Lipinski definition) is 6. The first-order chi connectivity index (χ1) is 18.5. The van der Waals surface area contributed by atoms with E-state index in [0.717, 1.165) is 43.0 Å². The Morgan fingerprint density at radius 3 is 2.61 bits per heavy atom. The van der Waals surface area contributed by atoms with Crippen LogP contribution in [0.4, 0.5) is 14.9 Å². The van der Waals surface area contributed by atoms with Crippen molar-refractivity contribution in [2.45, 2.75) is 51.2 Å². The molecule has 1 N–H and O–H groups in total. The van der Waals surface area contributed by atoms with Crippen LogP contribution in [-0.4, -0.2) is 26.7 Å². The molecule has 0 spiro atoms. The number of halogens is 1. The third-order valence-electron chi connectivity index (χ3n) is 7.34. The van der Waals surface area contributed by atoms with E-state index in [0.29, 0.717) is 28.5 Å². The molecular weight excluding hydrogens is 485 g/mol. The van der Waals surface area contributed by atoms with E-state index in [9.17, 15) is 10.1 Å². The maximum Gasteiger partial charge on any atom is 0.411 e. The minimum absolute atomic E-state index is 0.0325. The van der Waals surface area contributed by atoms with Gasteiger partial charge in [0, 0.05) is 35.5 Å². The number of nitrogens with zero attached hydrogens (tertiary/aromatic N) is 4. The molecule has 0 radical (unpaired) electrons. The fraction of sp³-hybridized carbons (Fsp3) is 0.310. The molecule has 1 amide bonds. The number of nitriles is 1. The van der Waals surface area contributed by atoms with Crippen LogP contribution >= 0.6 is 0 Å². The average molecular weight is 512 g/mol. The topological polar surface area (TPSA) is 102 Å². The van der Waals surface area contributed by atoms with E-state index in [1.54, 1.807) is 30.6 Å². The molecule has 2 heterocycles. The lowest BCUT2D eigenvalue weighted by atomic mass is 9.92. The van der Waals surface area contributed by atoms with Crippen LogP contribution < -0.4 is 10.1 Å².